The van der Waals surface area contributed by atoms with E-state index in [1.165, 1.54) is 66.3 Å². The van der Waals surface area contributed by atoms with Gasteiger partial charge in [-0.15, -0.1) is 0 Å². The van der Waals surface area contributed by atoms with Gasteiger partial charge >= 0.3 is 30.4 Å². The summed E-state index contributed by atoms with van der Waals surface area (Å²) in [5, 5.41) is 27.8. The average molecular weight is 847 g/mol. The number of alkyl halides is 6. The third-order valence-electron chi connectivity index (χ3n) is 9.54. The molecule has 0 spiro atoms. The summed E-state index contributed by atoms with van der Waals surface area (Å²) in [5.41, 5.74) is 0.868. The van der Waals surface area contributed by atoms with Crippen LogP contribution in [0.1, 0.15) is 80.6 Å². The van der Waals surface area contributed by atoms with E-state index in [2.05, 4.69) is 9.97 Å². The van der Waals surface area contributed by atoms with Crippen molar-refractivity contribution in [3.63, 3.8) is 0 Å². The molecule has 14 nitrogen and oxygen atoms in total. The number of methoxy groups -OCH3 is 2. The Kier molecular flexibility index (Phi) is 15.3. The van der Waals surface area contributed by atoms with Gasteiger partial charge in [0.05, 0.1) is 72.2 Å². The fraction of sp³-hybridized carbons (Fsp3) is 0.513. The zero-order valence-electron chi connectivity index (χ0n) is 33.5. The van der Waals surface area contributed by atoms with E-state index in [0.29, 0.717) is 17.8 Å². The van der Waals surface area contributed by atoms with Gasteiger partial charge in [0, 0.05) is 25.5 Å². The molecule has 0 fully saturated rings. The number of hydrogen-bond acceptors (Lipinski definition) is 10. The number of rotatable bonds is 15. The second-order valence-corrected chi connectivity index (χ2v) is 15.1. The minimum absolute atomic E-state index is 0.000949. The summed E-state index contributed by atoms with van der Waals surface area (Å²) in [6.45, 7) is 8.06. The normalized spacial score (nSPS) is 17.1. The molecule has 0 bridgehead atoms. The predicted molar refractivity (Wildman–Crippen MR) is 199 cm³/mol. The number of carboxylic acids is 2. The van der Waals surface area contributed by atoms with Gasteiger partial charge in [-0.25, -0.2) is 9.78 Å². The van der Waals surface area contributed by atoms with Crippen LogP contribution in [0.3, 0.4) is 0 Å². The number of aromatic nitrogens is 2. The number of anilines is 1. The third-order valence-corrected chi connectivity index (χ3v) is 9.54. The first kappa shape index (κ1) is 48.2. The topological polar surface area (TPSA) is 204 Å². The summed E-state index contributed by atoms with van der Waals surface area (Å²) in [4.78, 5) is 43.9. The van der Waals surface area contributed by atoms with Crippen molar-refractivity contribution < 1.29 is 75.0 Å². The van der Waals surface area contributed by atoms with Crippen molar-refractivity contribution in [2.45, 2.75) is 77.8 Å². The molecular weight excluding hydrogens is 798 g/mol. The number of nitrogens with zero attached hydrogens (tertiary/aromatic N) is 3. The lowest BCUT2D eigenvalue weighted by Gasteiger charge is -2.48. The van der Waals surface area contributed by atoms with E-state index in [-0.39, 0.29) is 79.5 Å². The van der Waals surface area contributed by atoms with Gasteiger partial charge in [-0.1, -0.05) is 6.92 Å². The van der Waals surface area contributed by atoms with Crippen LogP contribution in [0.2, 0.25) is 0 Å². The molecule has 3 aromatic rings. The minimum Gasteiger partial charge on any atom is -0.490 e. The molecule has 2 atom stereocenters. The Morgan fingerprint density at radius 3 is 1.90 bits per heavy atom. The smallest absolute Gasteiger partial charge is 0.416 e. The zero-order chi connectivity index (χ0) is 44.7. The maximum Gasteiger partial charge on any atom is 0.416 e. The number of halogens is 6. The molecule has 1 amide bonds. The second-order valence-electron chi connectivity index (χ2n) is 15.1. The molecule has 59 heavy (non-hydrogen) atoms. The van der Waals surface area contributed by atoms with Crippen molar-refractivity contribution in [3.05, 3.63) is 76.2 Å². The van der Waals surface area contributed by atoms with Crippen LogP contribution in [0.25, 0.3) is 0 Å². The Labute approximate surface area is 336 Å². The molecule has 0 saturated heterocycles. The van der Waals surface area contributed by atoms with E-state index in [1.807, 2.05) is 0 Å². The summed E-state index contributed by atoms with van der Waals surface area (Å²) < 4.78 is 103. The van der Waals surface area contributed by atoms with Crippen molar-refractivity contribution in [2.75, 3.05) is 45.5 Å². The summed E-state index contributed by atoms with van der Waals surface area (Å²) in [5.74, 6) is -2.47. The van der Waals surface area contributed by atoms with Crippen molar-refractivity contribution >= 4 is 23.7 Å². The van der Waals surface area contributed by atoms with Crippen LogP contribution in [0, 0.1) is 10.8 Å². The SMILES string of the molecule is CC(C)(COCC(C)(C)C(=O)O)C(=O)O.CCC1(N)C(c2ncc(OCCOC)cc2Cc2cc(C(F)(F)F)cc(C(F)(F)F)c2)Cc2nc(OC)ccc2N1C(=O)O. The Morgan fingerprint density at radius 2 is 1.44 bits per heavy atom. The van der Waals surface area contributed by atoms with Crippen molar-refractivity contribution in [1.29, 1.82) is 0 Å². The number of amides is 1. The number of carboxylic acid groups (broad SMARTS) is 3. The van der Waals surface area contributed by atoms with Crippen molar-refractivity contribution in [3.8, 4) is 11.6 Å². The maximum absolute atomic E-state index is 13.6. The highest BCUT2D eigenvalue weighted by Crippen LogP contribution is 2.46. The Morgan fingerprint density at radius 1 is 0.881 bits per heavy atom. The van der Waals surface area contributed by atoms with Crippen LogP contribution in [0.5, 0.6) is 11.6 Å². The van der Waals surface area contributed by atoms with Gasteiger partial charge in [0.25, 0.3) is 0 Å². The number of pyridine rings is 2. The van der Waals surface area contributed by atoms with Crippen LogP contribution in [0.15, 0.2) is 42.6 Å². The third kappa shape index (κ3) is 11.9. The Bertz CT molecular complexity index is 1920. The summed E-state index contributed by atoms with van der Waals surface area (Å²) in [6, 6.07) is 5.76. The summed E-state index contributed by atoms with van der Waals surface area (Å²) in [6.07, 6.45) is -10.5. The first-order valence-corrected chi connectivity index (χ1v) is 18.0. The number of ether oxygens (including phenoxy) is 4. The number of carbonyl (C=O) groups is 3. The molecule has 0 aliphatic carbocycles. The molecule has 0 saturated carbocycles. The fourth-order valence-corrected chi connectivity index (χ4v) is 6.01. The summed E-state index contributed by atoms with van der Waals surface area (Å²) in [7, 11) is 2.83. The Balaban J connectivity index is 0.000000526. The fourth-order valence-electron chi connectivity index (χ4n) is 6.01. The van der Waals surface area contributed by atoms with Gasteiger partial charge in [0.15, 0.2) is 0 Å². The Hall–Kier alpha value is -5.21. The lowest BCUT2D eigenvalue weighted by molar-refractivity contribution is -0.155. The van der Waals surface area contributed by atoms with E-state index in [4.69, 9.17) is 34.9 Å². The molecule has 1 aliphatic rings. The van der Waals surface area contributed by atoms with E-state index < -0.39 is 70.3 Å². The highest BCUT2D eigenvalue weighted by atomic mass is 19.4. The molecule has 326 valence electrons. The molecule has 0 radical (unpaired) electrons. The lowest BCUT2D eigenvalue weighted by atomic mass is 9.77. The molecule has 3 heterocycles. The minimum atomic E-state index is -5.05. The second kappa shape index (κ2) is 18.8. The van der Waals surface area contributed by atoms with Crippen LogP contribution in [-0.2, 0) is 44.3 Å². The quantitative estimate of drug-likeness (QED) is 0.0880. The van der Waals surface area contributed by atoms with Gasteiger partial charge in [0.2, 0.25) is 5.88 Å². The van der Waals surface area contributed by atoms with Gasteiger partial charge in [-0.2, -0.15) is 26.3 Å². The van der Waals surface area contributed by atoms with Gasteiger partial charge in [-0.05, 0) is 82.0 Å². The van der Waals surface area contributed by atoms with Crippen LogP contribution >= 0.6 is 0 Å². The van der Waals surface area contributed by atoms with Gasteiger partial charge in [0.1, 0.15) is 18.0 Å². The molecule has 20 heteroatoms. The zero-order valence-corrected chi connectivity index (χ0v) is 33.5. The van der Waals surface area contributed by atoms with Gasteiger partial charge < -0.3 is 40.0 Å². The van der Waals surface area contributed by atoms with Crippen LogP contribution in [0.4, 0.5) is 36.8 Å². The van der Waals surface area contributed by atoms with E-state index in [9.17, 15) is 45.8 Å². The first-order chi connectivity index (χ1) is 27.2. The highest BCUT2D eigenvalue weighted by Gasteiger charge is 2.50. The first-order valence-electron chi connectivity index (χ1n) is 18.0. The predicted octanol–water partition coefficient (Wildman–Crippen LogP) is 7.25. The van der Waals surface area contributed by atoms with Crippen LogP contribution < -0.4 is 20.1 Å². The molecule has 2 aromatic heterocycles. The van der Waals surface area contributed by atoms with E-state index >= 15 is 0 Å². The number of hydrogen-bond donors (Lipinski definition) is 4. The van der Waals surface area contributed by atoms with E-state index in [1.54, 1.807) is 6.92 Å². The van der Waals surface area contributed by atoms with E-state index in [0.717, 1.165) is 4.90 Å². The molecule has 4 rings (SSSR count). The highest BCUT2D eigenvalue weighted by molar-refractivity contribution is 5.90. The average Bonchev–Trinajstić information content (AvgIpc) is 3.13. The number of fused-ring (bicyclic) bond motifs is 1. The van der Waals surface area contributed by atoms with Gasteiger partial charge in [-0.3, -0.25) is 19.5 Å². The number of benzene rings is 1. The maximum atomic E-state index is 13.6. The number of nitrogens with two attached hydrogens (primary N) is 1. The monoisotopic (exact) mass is 846 g/mol. The molecule has 1 aliphatic heterocycles. The molecule has 5 N–H and O–H groups in total. The molecular formula is C39H48F6N4O10. The van der Waals surface area contributed by atoms with Crippen LogP contribution in [-0.4, -0.2) is 89.6 Å². The van der Waals surface area contributed by atoms with Crippen molar-refractivity contribution in [2.24, 2.45) is 16.6 Å². The number of aliphatic carboxylic acids is 2. The molecule has 1 aromatic carbocycles. The van der Waals surface area contributed by atoms with Crippen molar-refractivity contribution in [1.82, 2.24) is 9.97 Å². The summed E-state index contributed by atoms with van der Waals surface area (Å²) >= 11 is 0. The lowest BCUT2D eigenvalue weighted by Crippen LogP contribution is -2.64. The molecule has 2 unspecified atom stereocenters. The standard InChI is InChI=1S/C29H30F6N4O5.C10H18O5/c1-4-27(36)21(14-22-23(39(27)26(40)41)5-6-24(38-22)43-3)25-17(12-20(15-37-25)44-8-7-42-2)9-16-10-18(28(30,31)32)13-19(11-16)29(33,34)35;1-9(2,7(11)12)5-15-6-10(3,4)8(13)14/h5-6,10-13,15,21H,4,7-9,14,36H2,1-3H3,(H,40,41);5-6H2,1-4H3,(H,11,12)(H,13,14). The largest absolute Gasteiger partial charge is 0.490 e.